The maximum atomic E-state index is 13.9. The zero-order chi connectivity index (χ0) is 22.2. The van der Waals surface area contributed by atoms with Crippen molar-refractivity contribution in [3.8, 4) is 0 Å². The standard InChI is InChI=1S/C25H28FN7/c26-19-5-1-4-18(16-19)21-7-3-13-32(21)25-10-9-23-28-17-22(33(23)30-25)20-6-2-8-24(29-20)31-14-11-27-12-15-31/h1-2,4-6,8-10,16-17,21,24,27,29H,3,7,11-15H2/t21-,24?/m1/s1. The number of halogens is 1. The van der Waals surface area contributed by atoms with Gasteiger partial charge in [-0.05, 0) is 54.8 Å². The summed E-state index contributed by atoms with van der Waals surface area (Å²) < 4.78 is 15.8. The number of hydrogen-bond donors (Lipinski definition) is 2. The summed E-state index contributed by atoms with van der Waals surface area (Å²) >= 11 is 0. The lowest BCUT2D eigenvalue weighted by molar-refractivity contribution is 0.189. The molecule has 8 heteroatoms. The molecule has 0 amide bonds. The molecule has 0 aliphatic carbocycles. The van der Waals surface area contributed by atoms with Gasteiger partial charge in [-0.1, -0.05) is 18.2 Å². The Balaban J connectivity index is 1.30. The molecule has 0 radical (unpaired) electrons. The molecule has 0 bridgehead atoms. The fourth-order valence-corrected chi connectivity index (χ4v) is 5.15. The monoisotopic (exact) mass is 445 g/mol. The maximum absolute atomic E-state index is 13.9. The smallest absolute Gasteiger partial charge is 0.154 e. The highest BCUT2D eigenvalue weighted by Gasteiger charge is 2.28. The number of imidazole rings is 1. The summed E-state index contributed by atoms with van der Waals surface area (Å²) in [5, 5.41) is 12.1. The molecule has 1 unspecified atom stereocenters. The highest BCUT2D eigenvalue weighted by atomic mass is 19.1. The Bertz CT molecular complexity index is 1210. The molecule has 33 heavy (non-hydrogen) atoms. The number of allylic oxidation sites excluding steroid dienone is 2. The van der Waals surface area contributed by atoms with E-state index in [9.17, 15) is 4.39 Å². The lowest BCUT2D eigenvalue weighted by Gasteiger charge is -2.35. The Morgan fingerprint density at radius 3 is 2.85 bits per heavy atom. The highest BCUT2D eigenvalue weighted by Crippen LogP contribution is 2.35. The number of anilines is 1. The Kier molecular flexibility index (Phi) is 5.32. The second-order valence-corrected chi connectivity index (χ2v) is 8.85. The zero-order valence-electron chi connectivity index (χ0n) is 18.5. The average Bonchev–Trinajstić information content (AvgIpc) is 3.52. The van der Waals surface area contributed by atoms with Crippen LogP contribution < -0.4 is 15.5 Å². The number of aromatic nitrogens is 3. The SMILES string of the molecule is Fc1cccc([C@H]2CCCN2c2ccc3ncc(C4=CC=CC(N5CCNCC5)N4)n3n2)c1. The van der Waals surface area contributed by atoms with Crippen molar-refractivity contribution in [2.75, 3.05) is 37.6 Å². The third-order valence-electron chi connectivity index (χ3n) is 6.81. The van der Waals surface area contributed by atoms with Crippen molar-refractivity contribution in [2.45, 2.75) is 25.0 Å². The zero-order valence-corrected chi connectivity index (χ0v) is 18.5. The van der Waals surface area contributed by atoms with Crippen LogP contribution in [0.15, 0.2) is 60.8 Å². The van der Waals surface area contributed by atoms with Gasteiger partial charge in [-0.25, -0.2) is 13.9 Å². The minimum Gasteiger partial charge on any atom is -0.364 e. The third kappa shape index (κ3) is 3.89. The topological polar surface area (TPSA) is 60.7 Å². The summed E-state index contributed by atoms with van der Waals surface area (Å²) in [5.74, 6) is 0.696. The molecule has 7 nitrogen and oxygen atoms in total. The first-order valence-electron chi connectivity index (χ1n) is 11.7. The van der Waals surface area contributed by atoms with E-state index in [-0.39, 0.29) is 18.0 Å². The van der Waals surface area contributed by atoms with Crippen molar-refractivity contribution in [1.82, 2.24) is 30.1 Å². The fraction of sp³-hybridized carbons (Fsp3) is 0.360. The second kappa shape index (κ2) is 8.61. The molecule has 0 spiro atoms. The second-order valence-electron chi connectivity index (χ2n) is 8.85. The van der Waals surface area contributed by atoms with Crippen molar-refractivity contribution < 1.29 is 4.39 Å². The first-order valence-corrected chi connectivity index (χ1v) is 11.7. The van der Waals surface area contributed by atoms with Gasteiger partial charge in [-0.15, -0.1) is 5.10 Å². The summed E-state index contributed by atoms with van der Waals surface area (Å²) in [6.07, 6.45) is 10.5. The lowest BCUT2D eigenvalue weighted by Crippen LogP contribution is -2.52. The van der Waals surface area contributed by atoms with Crippen molar-refractivity contribution in [1.29, 1.82) is 0 Å². The summed E-state index contributed by atoms with van der Waals surface area (Å²) in [4.78, 5) is 9.31. The first-order chi connectivity index (χ1) is 16.3. The molecule has 3 aliphatic rings. The molecule has 2 fully saturated rings. The van der Waals surface area contributed by atoms with Gasteiger partial charge in [0.2, 0.25) is 0 Å². The molecule has 2 saturated heterocycles. The van der Waals surface area contributed by atoms with E-state index in [4.69, 9.17) is 5.10 Å². The minimum atomic E-state index is -0.193. The Morgan fingerprint density at radius 2 is 1.97 bits per heavy atom. The summed E-state index contributed by atoms with van der Waals surface area (Å²) in [5.41, 5.74) is 3.77. The molecule has 6 rings (SSSR count). The van der Waals surface area contributed by atoms with Crippen LogP contribution in [0, 0.1) is 5.82 Å². The maximum Gasteiger partial charge on any atom is 0.154 e. The van der Waals surface area contributed by atoms with Gasteiger partial charge in [0.1, 0.15) is 17.3 Å². The molecule has 3 aromatic rings. The summed E-state index contributed by atoms with van der Waals surface area (Å²) in [6.45, 7) is 4.95. The van der Waals surface area contributed by atoms with E-state index >= 15 is 0 Å². The van der Waals surface area contributed by atoms with E-state index in [0.29, 0.717) is 0 Å². The number of nitrogens with zero attached hydrogens (tertiary/aromatic N) is 5. The number of hydrogen-bond acceptors (Lipinski definition) is 6. The van der Waals surface area contributed by atoms with E-state index in [1.54, 1.807) is 12.1 Å². The highest BCUT2D eigenvalue weighted by molar-refractivity contribution is 5.67. The number of nitrogens with one attached hydrogen (secondary N) is 2. The molecule has 2 N–H and O–H groups in total. The van der Waals surface area contributed by atoms with E-state index in [0.717, 1.165) is 74.0 Å². The predicted molar refractivity (Wildman–Crippen MR) is 127 cm³/mol. The van der Waals surface area contributed by atoms with Crippen molar-refractivity contribution in [3.63, 3.8) is 0 Å². The largest absolute Gasteiger partial charge is 0.364 e. The molecule has 5 heterocycles. The average molecular weight is 446 g/mol. The van der Waals surface area contributed by atoms with Gasteiger partial charge >= 0.3 is 0 Å². The molecule has 0 saturated carbocycles. The number of benzene rings is 1. The van der Waals surface area contributed by atoms with Crippen LogP contribution >= 0.6 is 0 Å². The molecule has 1 aromatic carbocycles. The predicted octanol–water partition coefficient (Wildman–Crippen LogP) is 2.94. The van der Waals surface area contributed by atoms with E-state index in [2.05, 4.69) is 43.6 Å². The lowest BCUT2D eigenvalue weighted by atomic mass is 10.0. The van der Waals surface area contributed by atoms with Gasteiger partial charge < -0.3 is 15.5 Å². The number of piperazine rings is 1. The number of fused-ring (bicyclic) bond motifs is 1. The number of rotatable bonds is 4. The first kappa shape index (κ1) is 20.4. The van der Waals surface area contributed by atoms with Gasteiger partial charge in [-0.3, -0.25) is 4.90 Å². The summed E-state index contributed by atoms with van der Waals surface area (Å²) in [7, 11) is 0. The Labute approximate surface area is 192 Å². The van der Waals surface area contributed by atoms with Gasteiger partial charge in [0.05, 0.1) is 24.1 Å². The van der Waals surface area contributed by atoms with Crippen LogP contribution in [0.3, 0.4) is 0 Å². The van der Waals surface area contributed by atoms with Crippen LogP contribution in [-0.4, -0.2) is 58.4 Å². The van der Waals surface area contributed by atoms with E-state index < -0.39 is 0 Å². The molecule has 2 atom stereocenters. The van der Waals surface area contributed by atoms with Gasteiger partial charge in [0.15, 0.2) is 5.65 Å². The third-order valence-corrected chi connectivity index (χ3v) is 6.81. The molecular formula is C25H28FN7. The summed E-state index contributed by atoms with van der Waals surface area (Å²) in [6, 6.07) is 11.1. The van der Waals surface area contributed by atoms with E-state index in [1.807, 2.05) is 28.9 Å². The van der Waals surface area contributed by atoms with Crippen LogP contribution in [-0.2, 0) is 0 Å². The fourth-order valence-electron chi connectivity index (χ4n) is 5.15. The Hall–Kier alpha value is -3.23. The van der Waals surface area contributed by atoms with Gasteiger partial charge in [0, 0.05) is 32.7 Å². The van der Waals surface area contributed by atoms with Crippen molar-refractivity contribution in [3.05, 3.63) is 77.9 Å². The van der Waals surface area contributed by atoms with Gasteiger partial charge in [-0.2, -0.15) is 0 Å². The molecule has 170 valence electrons. The number of dihydropyridines is 1. The normalized spacial score (nSPS) is 23.7. The van der Waals surface area contributed by atoms with Crippen molar-refractivity contribution >= 4 is 17.2 Å². The molecular weight excluding hydrogens is 417 g/mol. The minimum absolute atomic E-state index is 0.129. The van der Waals surface area contributed by atoms with Crippen LogP contribution in [0.5, 0.6) is 0 Å². The molecule has 3 aliphatic heterocycles. The quantitative estimate of drug-likeness (QED) is 0.644. The van der Waals surface area contributed by atoms with E-state index in [1.165, 1.54) is 6.07 Å². The van der Waals surface area contributed by atoms with Crippen LogP contribution in [0.1, 0.15) is 30.1 Å². The van der Waals surface area contributed by atoms with Crippen LogP contribution in [0.2, 0.25) is 0 Å². The van der Waals surface area contributed by atoms with Crippen LogP contribution in [0.25, 0.3) is 11.3 Å². The molecule has 2 aromatic heterocycles. The van der Waals surface area contributed by atoms with Gasteiger partial charge in [0.25, 0.3) is 0 Å². The Morgan fingerprint density at radius 1 is 1.06 bits per heavy atom. The van der Waals surface area contributed by atoms with Crippen molar-refractivity contribution in [2.24, 2.45) is 0 Å². The van der Waals surface area contributed by atoms with Crippen LogP contribution in [0.4, 0.5) is 10.2 Å².